The topological polar surface area (TPSA) is 20.7 Å². The van der Waals surface area contributed by atoms with Crippen LogP contribution in [0.15, 0.2) is 18.2 Å². The largest absolute Gasteiger partial charge is 0.331 e. The Morgan fingerprint density at radius 3 is 2.89 bits per heavy atom. The lowest BCUT2D eigenvalue weighted by Crippen LogP contribution is -2.09. The summed E-state index contributed by atoms with van der Waals surface area (Å²) in [6.07, 6.45) is 5.26. The Balaban J connectivity index is 2.08. The van der Waals surface area contributed by atoms with Crippen LogP contribution in [0.3, 0.4) is 0 Å². The molecule has 0 saturated heterocycles. The van der Waals surface area contributed by atoms with E-state index in [0.29, 0.717) is 6.04 Å². The van der Waals surface area contributed by atoms with Crippen molar-refractivity contribution in [2.75, 3.05) is 0 Å². The van der Waals surface area contributed by atoms with E-state index >= 15 is 0 Å². The average molecular weight is 260 g/mol. The molecule has 1 fully saturated rings. The van der Waals surface area contributed by atoms with Gasteiger partial charge in [-0.1, -0.05) is 25.8 Å². The van der Waals surface area contributed by atoms with Gasteiger partial charge >= 0.3 is 0 Å². The zero-order valence-corrected chi connectivity index (χ0v) is 11.9. The zero-order chi connectivity index (χ0) is 12.7. The Labute approximate surface area is 113 Å². The van der Waals surface area contributed by atoms with Crippen molar-refractivity contribution in [1.29, 1.82) is 0 Å². The molecule has 18 heavy (non-hydrogen) atoms. The number of fused-ring (bicyclic) bond motifs is 1. The molecule has 0 amide bonds. The van der Waals surface area contributed by atoms with Gasteiger partial charge in [0.15, 0.2) is 4.77 Å². The fraction of sp³-hybridized carbons (Fsp3) is 0.533. The summed E-state index contributed by atoms with van der Waals surface area (Å²) in [6.45, 7) is 4.39. The molecule has 1 saturated carbocycles. The number of nitrogens with zero attached hydrogens (tertiary/aromatic N) is 1. The number of aryl methyl sites for hydroxylation is 1. The van der Waals surface area contributed by atoms with Gasteiger partial charge in [0.2, 0.25) is 0 Å². The first-order chi connectivity index (χ1) is 8.69. The summed E-state index contributed by atoms with van der Waals surface area (Å²) in [5, 5.41) is 0. The van der Waals surface area contributed by atoms with Crippen LogP contribution in [0.1, 0.15) is 44.2 Å². The van der Waals surface area contributed by atoms with E-state index in [9.17, 15) is 0 Å². The van der Waals surface area contributed by atoms with Crippen molar-refractivity contribution in [2.45, 2.75) is 45.6 Å². The summed E-state index contributed by atoms with van der Waals surface area (Å²) >= 11 is 5.52. The van der Waals surface area contributed by atoms with E-state index in [2.05, 4.69) is 41.6 Å². The Bertz CT molecular complexity index is 619. The normalized spacial score (nSPS) is 17.2. The summed E-state index contributed by atoms with van der Waals surface area (Å²) in [7, 11) is 0. The van der Waals surface area contributed by atoms with E-state index in [4.69, 9.17) is 12.2 Å². The molecule has 0 bridgehead atoms. The number of aromatic amines is 1. The molecule has 1 N–H and O–H groups in total. The molecule has 3 rings (SSSR count). The highest BCUT2D eigenvalue weighted by atomic mass is 32.1. The number of imidazole rings is 1. The first-order valence-corrected chi connectivity index (χ1v) is 7.30. The quantitative estimate of drug-likeness (QED) is 0.786. The van der Waals surface area contributed by atoms with Crippen molar-refractivity contribution >= 4 is 23.3 Å². The van der Waals surface area contributed by atoms with Gasteiger partial charge in [0.05, 0.1) is 11.0 Å². The molecule has 0 radical (unpaired) electrons. The van der Waals surface area contributed by atoms with Gasteiger partial charge in [0, 0.05) is 6.04 Å². The van der Waals surface area contributed by atoms with Crippen LogP contribution in [0.5, 0.6) is 0 Å². The maximum absolute atomic E-state index is 5.52. The Morgan fingerprint density at radius 2 is 2.22 bits per heavy atom. The first kappa shape index (κ1) is 12.0. The molecule has 2 nitrogen and oxygen atoms in total. The lowest BCUT2D eigenvalue weighted by Gasteiger charge is -2.17. The molecular weight excluding hydrogens is 240 g/mol. The standard InChI is InChI=1S/C15H20N2S/c1-3-12(9-11-5-6-11)17-14-7-4-10(2)8-13(14)16-15(17)18/h4,7-8,11-12H,3,5-6,9H2,1-2H3,(H,16,18). The van der Waals surface area contributed by atoms with Gasteiger partial charge in [-0.15, -0.1) is 0 Å². The second-order valence-corrected chi connectivity index (χ2v) is 5.95. The molecule has 2 aromatic rings. The highest BCUT2D eigenvalue weighted by molar-refractivity contribution is 7.71. The number of hydrogen-bond donors (Lipinski definition) is 1. The molecule has 0 aliphatic heterocycles. The Morgan fingerprint density at radius 1 is 1.44 bits per heavy atom. The SMILES string of the molecule is CCC(CC1CC1)n1c(=S)[nH]c2cc(C)ccc21. The monoisotopic (exact) mass is 260 g/mol. The second kappa shape index (κ2) is 4.54. The van der Waals surface area contributed by atoms with Gasteiger partial charge in [0.1, 0.15) is 0 Å². The predicted molar refractivity (Wildman–Crippen MR) is 78.5 cm³/mol. The van der Waals surface area contributed by atoms with Crippen LogP contribution < -0.4 is 0 Å². The lowest BCUT2D eigenvalue weighted by atomic mass is 10.1. The van der Waals surface area contributed by atoms with E-state index in [1.54, 1.807) is 0 Å². The fourth-order valence-corrected chi connectivity index (χ4v) is 3.16. The molecule has 96 valence electrons. The number of H-pyrrole nitrogens is 1. The molecule has 1 aromatic carbocycles. The number of aromatic nitrogens is 2. The van der Waals surface area contributed by atoms with Crippen molar-refractivity contribution in [2.24, 2.45) is 5.92 Å². The van der Waals surface area contributed by atoms with E-state index < -0.39 is 0 Å². The molecule has 1 aliphatic rings. The van der Waals surface area contributed by atoms with Gasteiger partial charge < -0.3 is 9.55 Å². The highest BCUT2D eigenvalue weighted by Crippen LogP contribution is 2.38. The van der Waals surface area contributed by atoms with Crippen molar-refractivity contribution in [3.05, 3.63) is 28.5 Å². The van der Waals surface area contributed by atoms with E-state index in [0.717, 1.165) is 17.1 Å². The number of nitrogens with one attached hydrogen (secondary N) is 1. The third-order valence-electron chi connectivity index (χ3n) is 4.01. The maximum Gasteiger partial charge on any atom is 0.178 e. The number of hydrogen-bond acceptors (Lipinski definition) is 1. The molecule has 1 atom stereocenters. The van der Waals surface area contributed by atoms with E-state index in [1.165, 1.54) is 35.9 Å². The van der Waals surface area contributed by atoms with E-state index in [1.807, 2.05) is 0 Å². The molecule has 1 heterocycles. The van der Waals surface area contributed by atoms with Crippen LogP contribution in [0.25, 0.3) is 11.0 Å². The second-order valence-electron chi connectivity index (χ2n) is 5.56. The first-order valence-electron chi connectivity index (χ1n) is 6.90. The smallest absolute Gasteiger partial charge is 0.178 e. The summed E-state index contributed by atoms with van der Waals surface area (Å²) in [5.74, 6) is 0.937. The maximum atomic E-state index is 5.52. The molecular formula is C15H20N2S. The predicted octanol–water partition coefficient (Wildman–Crippen LogP) is 4.76. The number of benzene rings is 1. The number of rotatable bonds is 4. The van der Waals surface area contributed by atoms with Crippen molar-refractivity contribution in [3.8, 4) is 0 Å². The third kappa shape index (κ3) is 2.12. The summed E-state index contributed by atoms with van der Waals surface area (Å²) in [5.41, 5.74) is 3.72. The Hall–Kier alpha value is -1.09. The fourth-order valence-electron chi connectivity index (χ4n) is 2.80. The summed E-state index contributed by atoms with van der Waals surface area (Å²) in [6, 6.07) is 7.12. The lowest BCUT2D eigenvalue weighted by molar-refractivity contribution is 0.434. The molecule has 1 aromatic heterocycles. The summed E-state index contributed by atoms with van der Waals surface area (Å²) < 4.78 is 3.21. The van der Waals surface area contributed by atoms with Crippen LogP contribution in [-0.4, -0.2) is 9.55 Å². The minimum atomic E-state index is 0.557. The van der Waals surface area contributed by atoms with Crippen LogP contribution >= 0.6 is 12.2 Å². The van der Waals surface area contributed by atoms with Crippen LogP contribution in [0, 0.1) is 17.6 Å². The zero-order valence-electron chi connectivity index (χ0n) is 11.1. The molecule has 1 aliphatic carbocycles. The summed E-state index contributed by atoms with van der Waals surface area (Å²) in [4.78, 5) is 3.35. The van der Waals surface area contributed by atoms with Crippen molar-refractivity contribution < 1.29 is 0 Å². The van der Waals surface area contributed by atoms with Gasteiger partial charge in [-0.05, 0) is 55.6 Å². The van der Waals surface area contributed by atoms with Crippen LogP contribution in [0.4, 0.5) is 0 Å². The van der Waals surface area contributed by atoms with Crippen molar-refractivity contribution in [3.63, 3.8) is 0 Å². The minimum Gasteiger partial charge on any atom is -0.331 e. The highest BCUT2D eigenvalue weighted by Gasteiger charge is 2.26. The Kier molecular flexibility index (Phi) is 3.02. The molecule has 3 heteroatoms. The third-order valence-corrected chi connectivity index (χ3v) is 4.31. The average Bonchev–Trinajstić information content (AvgIpc) is 3.09. The molecule has 1 unspecified atom stereocenters. The van der Waals surface area contributed by atoms with E-state index in [-0.39, 0.29) is 0 Å². The minimum absolute atomic E-state index is 0.557. The molecule has 0 spiro atoms. The van der Waals surface area contributed by atoms with Crippen LogP contribution in [0.2, 0.25) is 0 Å². The van der Waals surface area contributed by atoms with Gasteiger partial charge in [0.25, 0.3) is 0 Å². The van der Waals surface area contributed by atoms with Gasteiger partial charge in [-0.3, -0.25) is 0 Å². The van der Waals surface area contributed by atoms with Crippen LogP contribution in [-0.2, 0) is 0 Å². The van der Waals surface area contributed by atoms with Gasteiger partial charge in [-0.25, -0.2) is 0 Å². The van der Waals surface area contributed by atoms with Gasteiger partial charge in [-0.2, -0.15) is 0 Å². The van der Waals surface area contributed by atoms with Crippen molar-refractivity contribution in [1.82, 2.24) is 9.55 Å².